The Morgan fingerprint density at radius 2 is 1.91 bits per heavy atom. The molecule has 0 amide bonds. The summed E-state index contributed by atoms with van der Waals surface area (Å²) in [6, 6.07) is 10.8. The minimum Gasteiger partial charge on any atom is -0.481 e. The van der Waals surface area contributed by atoms with Crippen molar-refractivity contribution in [2.75, 3.05) is 0 Å². The molecular weight excluding hydrogens is 404 g/mol. The van der Waals surface area contributed by atoms with Gasteiger partial charge in [0.05, 0.1) is 23.5 Å². The number of hydrogen-bond acceptors (Lipinski definition) is 4. The summed E-state index contributed by atoms with van der Waals surface area (Å²) < 4.78 is 11.4. The van der Waals surface area contributed by atoms with Gasteiger partial charge in [-0.05, 0) is 75.0 Å². The van der Waals surface area contributed by atoms with Crippen molar-refractivity contribution < 1.29 is 23.8 Å². The highest BCUT2D eigenvalue weighted by molar-refractivity contribution is 5.89. The predicted molar refractivity (Wildman–Crippen MR) is 121 cm³/mol. The van der Waals surface area contributed by atoms with Gasteiger partial charge in [0.2, 0.25) is 0 Å². The highest BCUT2D eigenvalue weighted by Crippen LogP contribution is 2.58. The first-order valence-corrected chi connectivity index (χ1v) is 11.5. The van der Waals surface area contributed by atoms with Gasteiger partial charge in [0, 0.05) is 5.56 Å². The number of aliphatic carboxylic acids is 1. The largest absolute Gasteiger partial charge is 0.481 e. The third kappa shape index (κ3) is 3.89. The van der Waals surface area contributed by atoms with Crippen LogP contribution in [-0.2, 0) is 9.53 Å². The summed E-state index contributed by atoms with van der Waals surface area (Å²) in [5, 5.41) is 10.0. The molecule has 0 spiro atoms. The smallest absolute Gasteiger partial charge is 0.338 e. The van der Waals surface area contributed by atoms with Crippen LogP contribution in [0, 0.1) is 16.7 Å². The Morgan fingerprint density at radius 1 is 1.16 bits per heavy atom. The van der Waals surface area contributed by atoms with Gasteiger partial charge in [-0.1, -0.05) is 43.2 Å². The van der Waals surface area contributed by atoms with E-state index >= 15 is 0 Å². The molecule has 4 rings (SSSR count). The second kappa shape index (κ2) is 8.61. The van der Waals surface area contributed by atoms with Crippen LogP contribution in [0.15, 0.2) is 64.5 Å². The fraction of sp³-hybridized carbons (Fsp3) is 0.481. The molecule has 0 bridgehead atoms. The topological polar surface area (TPSA) is 76.7 Å². The van der Waals surface area contributed by atoms with Crippen LogP contribution in [0.5, 0.6) is 0 Å². The fourth-order valence-corrected chi connectivity index (χ4v) is 5.69. The highest BCUT2D eigenvalue weighted by Gasteiger charge is 2.50. The van der Waals surface area contributed by atoms with Gasteiger partial charge in [-0.2, -0.15) is 0 Å². The summed E-state index contributed by atoms with van der Waals surface area (Å²) in [7, 11) is 0. The van der Waals surface area contributed by atoms with E-state index in [-0.39, 0.29) is 11.4 Å². The maximum absolute atomic E-state index is 12.9. The molecule has 1 aromatic heterocycles. The summed E-state index contributed by atoms with van der Waals surface area (Å²) in [5.41, 5.74) is 2.63. The molecule has 0 radical (unpaired) electrons. The van der Waals surface area contributed by atoms with Crippen molar-refractivity contribution in [1.82, 2.24) is 0 Å². The molecule has 0 saturated carbocycles. The van der Waals surface area contributed by atoms with Gasteiger partial charge in [-0.15, -0.1) is 0 Å². The number of carboxylic acids is 1. The molecular formula is C27H32O5. The molecule has 5 nitrogen and oxygen atoms in total. The zero-order chi connectivity index (χ0) is 22.9. The number of rotatable bonds is 6. The Bertz CT molecular complexity index is 1010. The maximum atomic E-state index is 12.9. The summed E-state index contributed by atoms with van der Waals surface area (Å²) in [4.78, 5) is 25.1. The first kappa shape index (κ1) is 22.4. The third-order valence-electron chi connectivity index (χ3n) is 7.99. The normalized spacial score (nSPS) is 28.7. The second-order valence-electron chi connectivity index (χ2n) is 9.83. The van der Waals surface area contributed by atoms with Gasteiger partial charge < -0.3 is 14.3 Å². The van der Waals surface area contributed by atoms with Crippen molar-refractivity contribution in [3.8, 4) is 0 Å². The van der Waals surface area contributed by atoms with Crippen LogP contribution in [0.3, 0.4) is 0 Å². The molecule has 2 aromatic rings. The summed E-state index contributed by atoms with van der Waals surface area (Å²) in [5.74, 6) is -0.747. The van der Waals surface area contributed by atoms with Gasteiger partial charge in [0.1, 0.15) is 6.10 Å². The van der Waals surface area contributed by atoms with E-state index in [0.29, 0.717) is 24.3 Å². The van der Waals surface area contributed by atoms with E-state index in [2.05, 4.69) is 13.8 Å². The maximum Gasteiger partial charge on any atom is 0.338 e. The molecule has 1 heterocycles. The molecule has 0 fully saturated rings. The van der Waals surface area contributed by atoms with Crippen molar-refractivity contribution in [3.63, 3.8) is 0 Å². The second-order valence-corrected chi connectivity index (χ2v) is 9.83. The number of hydrogen-bond donors (Lipinski definition) is 1. The number of benzene rings is 1. The first-order valence-electron chi connectivity index (χ1n) is 11.5. The van der Waals surface area contributed by atoms with Crippen molar-refractivity contribution in [2.24, 2.45) is 16.7 Å². The summed E-state index contributed by atoms with van der Waals surface area (Å²) in [6.07, 6.45) is 7.57. The third-order valence-corrected chi connectivity index (χ3v) is 7.99. The number of allylic oxidation sites excluding steroid dienone is 1. The molecule has 2 aliphatic rings. The van der Waals surface area contributed by atoms with E-state index < -0.39 is 17.5 Å². The monoisotopic (exact) mass is 436 g/mol. The SMILES string of the molecule is CC1CCC2=C(CCCC2(C)C(=O)O)C1(C)CC(OC(=O)c1ccccc1)c1ccoc1. The fourth-order valence-electron chi connectivity index (χ4n) is 5.69. The highest BCUT2D eigenvalue weighted by atomic mass is 16.5. The van der Waals surface area contributed by atoms with Crippen molar-refractivity contribution in [3.05, 3.63) is 71.2 Å². The van der Waals surface area contributed by atoms with Crippen LogP contribution in [0.1, 0.15) is 81.3 Å². The average Bonchev–Trinajstić information content (AvgIpc) is 3.32. The Morgan fingerprint density at radius 3 is 2.56 bits per heavy atom. The van der Waals surface area contributed by atoms with Gasteiger partial charge in [0.15, 0.2) is 0 Å². The first-order chi connectivity index (χ1) is 15.3. The molecule has 32 heavy (non-hydrogen) atoms. The van der Waals surface area contributed by atoms with Gasteiger partial charge in [-0.25, -0.2) is 4.79 Å². The van der Waals surface area contributed by atoms with Gasteiger partial charge in [-0.3, -0.25) is 4.79 Å². The average molecular weight is 437 g/mol. The Balaban J connectivity index is 1.70. The molecule has 1 N–H and O–H groups in total. The molecule has 4 unspecified atom stereocenters. The lowest BCUT2D eigenvalue weighted by Crippen LogP contribution is -2.42. The standard InChI is InChI=1S/C27H32O5/c1-18-11-12-22-21(10-7-14-26(22,2)25(29)30)27(18,3)16-23(20-13-15-31-17-20)32-24(28)19-8-5-4-6-9-19/h4-6,8-9,13,15,17-18,23H,7,10-12,14,16H2,1-3H3,(H,29,30). The lowest BCUT2D eigenvalue weighted by atomic mass is 9.55. The van der Waals surface area contributed by atoms with Crippen LogP contribution in [-0.4, -0.2) is 17.0 Å². The summed E-state index contributed by atoms with van der Waals surface area (Å²) >= 11 is 0. The number of carboxylic acid groups (broad SMARTS) is 1. The molecule has 4 atom stereocenters. The Labute approximate surface area is 189 Å². The van der Waals surface area contributed by atoms with Crippen molar-refractivity contribution in [2.45, 2.75) is 65.4 Å². The Kier molecular flexibility index (Phi) is 6.02. The quantitative estimate of drug-likeness (QED) is 0.409. The van der Waals surface area contributed by atoms with E-state index in [1.807, 2.05) is 31.2 Å². The zero-order valence-electron chi connectivity index (χ0n) is 19.1. The Hall–Kier alpha value is -2.82. The van der Waals surface area contributed by atoms with E-state index in [4.69, 9.17) is 9.15 Å². The minimum absolute atomic E-state index is 0.260. The van der Waals surface area contributed by atoms with Crippen LogP contribution in [0.2, 0.25) is 0 Å². The molecule has 0 saturated heterocycles. The minimum atomic E-state index is -0.805. The van der Waals surface area contributed by atoms with E-state index in [9.17, 15) is 14.7 Å². The van der Waals surface area contributed by atoms with E-state index in [1.54, 1.807) is 24.7 Å². The van der Waals surface area contributed by atoms with E-state index in [0.717, 1.165) is 36.8 Å². The molecule has 1 aromatic carbocycles. The lowest BCUT2D eigenvalue weighted by molar-refractivity contribution is -0.146. The number of carbonyl (C=O) groups excluding carboxylic acids is 1. The lowest BCUT2D eigenvalue weighted by Gasteiger charge is -2.50. The van der Waals surface area contributed by atoms with Crippen LogP contribution >= 0.6 is 0 Å². The molecule has 170 valence electrons. The molecule has 0 aliphatic heterocycles. The number of ether oxygens (including phenoxy) is 1. The zero-order valence-corrected chi connectivity index (χ0v) is 19.1. The number of esters is 1. The summed E-state index contributed by atoms with van der Waals surface area (Å²) in [6.45, 7) is 6.34. The van der Waals surface area contributed by atoms with Crippen molar-refractivity contribution in [1.29, 1.82) is 0 Å². The predicted octanol–water partition coefficient (Wildman–Crippen LogP) is 6.58. The van der Waals surface area contributed by atoms with Gasteiger partial charge >= 0.3 is 11.9 Å². The van der Waals surface area contributed by atoms with E-state index in [1.165, 1.54) is 5.57 Å². The molecule has 5 heteroatoms. The van der Waals surface area contributed by atoms with Gasteiger partial charge in [0.25, 0.3) is 0 Å². The number of furan rings is 1. The number of carbonyl (C=O) groups is 2. The van der Waals surface area contributed by atoms with Crippen LogP contribution < -0.4 is 0 Å². The van der Waals surface area contributed by atoms with Crippen molar-refractivity contribution >= 4 is 11.9 Å². The molecule has 2 aliphatic carbocycles. The van der Waals surface area contributed by atoms with Crippen LogP contribution in [0.4, 0.5) is 0 Å². The van der Waals surface area contributed by atoms with Crippen LogP contribution in [0.25, 0.3) is 0 Å².